The highest BCUT2D eigenvalue weighted by atomic mass is 16.5. The predicted octanol–water partition coefficient (Wildman–Crippen LogP) is 0.754. The molecule has 0 bridgehead atoms. The van der Waals surface area contributed by atoms with Gasteiger partial charge in [-0.2, -0.15) is 5.10 Å². The minimum atomic E-state index is -0.409. The Balaban J connectivity index is 1.98. The Hall–Kier alpha value is -2.37. The summed E-state index contributed by atoms with van der Waals surface area (Å²) >= 11 is 0. The van der Waals surface area contributed by atoms with Gasteiger partial charge in [0.2, 0.25) is 0 Å². The third-order valence-electron chi connectivity index (χ3n) is 2.28. The second kappa shape index (κ2) is 4.65. The molecule has 6 nitrogen and oxygen atoms in total. The summed E-state index contributed by atoms with van der Waals surface area (Å²) in [6, 6.07) is 6.54. The van der Waals surface area contributed by atoms with Gasteiger partial charge < -0.3 is 10.5 Å². The number of hydrogen-bond donors (Lipinski definition) is 1. The third kappa shape index (κ3) is 2.60. The van der Waals surface area contributed by atoms with Crippen molar-refractivity contribution in [2.45, 2.75) is 6.61 Å². The van der Waals surface area contributed by atoms with E-state index in [0.29, 0.717) is 17.1 Å². The van der Waals surface area contributed by atoms with Crippen molar-refractivity contribution < 1.29 is 9.53 Å². The van der Waals surface area contributed by atoms with E-state index in [0.717, 1.165) is 0 Å². The van der Waals surface area contributed by atoms with Crippen LogP contribution in [0, 0.1) is 0 Å². The first-order chi connectivity index (χ1) is 8.16. The Morgan fingerprint density at radius 1 is 1.41 bits per heavy atom. The van der Waals surface area contributed by atoms with Gasteiger partial charge in [-0.1, -0.05) is 0 Å². The van der Waals surface area contributed by atoms with E-state index in [4.69, 9.17) is 10.5 Å². The molecular weight excluding hydrogens is 220 g/mol. The number of rotatable bonds is 3. The van der Waals surface area contributed by atoms with Gasteiger partial charge in [-0.15, -0.1) is 0 Å². The topological polar surface area (TPSA) is 83.0 Å². The van der Waals surface area contributed by atoms with E-state index in [-0.39, 0.29) is 6.61 Å². The Kier molecular flexibility index (Phi) is 3.04. The molecule has 88 valence electrons. The standard InChI is InChI=1S/C11H12N4O2/c1-15-10(13-7-14-15)6-17-11(16)8-2-4-9(12)5-3-8/h2-5,7H,6,12H2,1H3. The summed E-state index contributed by atoms with van der Waals surface area (Å²) < 4.78 is 6.64. The molecule has 2 N–H and O–H groups in total. The monoisotopic (exact) mass is 232 g/mol. The molecule has 0 aliphatic carbocycles. The van der Waals surface area contributed by atoms with Crippen LogP contribution in [0.4, 0.5) is 5.69 Å². The zero-order valence-electron chi connectivity index (χ0n) is 9.33. The lowest BCUT2D eigenvalue weighted by molar-refractivity contribution is 0.0458. The normalized spacial score (nSPS) is 10.2. The molecule has 0 amide bonds. The lowest BCUT2D eigenvalue weighted by atomic mass is 10.2. The van der Waals surface area contributed by atoms with E-state index in [9.17, 15) is 4.79 Å². The maximum Gasteiger partial charge on any atom is 0.338 e. The fourth-order valence-electron chi connectivity index (χ4n) is 1.28. The Labute approximate surface area is 98.0 Å². The molecule has 6 heteroatoms. The van der Waals surface area contributed by atoms with Gasteiger partial charge in [0.25, 0.3) is 0 Å². The van der Waals surface area contributed by atoms with Crippen molar-refractivity contribution in [3.05, 3.63) is 42.0 Å². The molecule has 0 unspecified atom stereocenters. The first-order valence-electron chi connectivity index (χ1n) is 5.02. The molecule has 0 radical (unpaired) electrons. The summed E-state index contributed by atoms with van der Waals surface area (Å²) in [5, 5.41) is 3.88. The van der Waals surface area contributed by atoms with E-state index < -0.39 is 5.97 Å². The fourth-order valence-corrected chi connectivity index (χ4v) is 1.28. The first kappa shape index (κ1) is 11.1. The quantitative estimate of drug-likeness (QED) is 0.623. The number of carbonyl (C=O) groups excluding carboxylic acids is 1. The zero-order valence-corrected chi connectivity index (χ0v) is 9.33. The van der Waals surface area contributed by atoms with Crippen molar-refractivity contribution in [3.8, 4) is 0 Å². The SMILES string of the molecule is Cn1ncnc1COC(=O)c1ccc(N)cc1. The Morgan fingerprint density at radius 3 is 2.71 bits per heavy atom. The van der Waals surface area contributed by atoms with Gasteiger partial charge in [-0.3, -0.25) is 4.68 Å². The summed E-state index contributed by atoms with van der Waals surface area (Å²) in [6.45, 7) is 0.0969. The highest BCUT2D eigenvalue weighted by molar-refractivity contribution is 5.89. The van der Waals surface area contributed by atoms with Crippen LogP contribution < -0.4 is 5.73 Å². The van der Waals surface area contributed by atoms with Crippen molar-refractivity contribution in [2.24, 2.45) is 7.05 Å². The maximum absolute atomic E-state index is 11.6. The Bertz CT molecular complexity index is 519. The summed E-state index contributed by atoms with van der Waals surface area (Å²) in [7, 11) is 1.74. The van der Waals surface area contributed by atoms with Gasteiger partial charge in [-0.25, -0.2) is 9.78 Å². The van der Waals surface area contributed by atoms with Crippen LogP contribution in [0.15, 0.2) is 30.6 Å². The summed E-state index contributed by atoms with van der Waals surface area (Å²) in [6.07, 6.45) is 1.41. The van der Waals surface area contributed by atoms with Crippen LogP contribution >= 0.6 is 0 Å². The second-order valence-corrected chi connectivity index (χ2v) is 3.50. The van der Waals surface area contributed by atoms with Crippen LogP contribution in [-0.4, -0.2) is 20.7 Å². The Morgan fingerprint density at radius 2 is 2.12 bits per heavy atom. The lowest BCUT2D eigenvalue weighted by Gasteiger charge is -2.04. The minimum absolute atomic E-state index is 0.0969. The van der Waals surface area contributed by atoms with Crippen LogP contribution in [0.5, 0.6) is 0 Å². The number of ether oxygens (including phenoxy) is 1. The van der Waals surface area contributed by atoms with Gasteiger partial charge in [0, 0.05) is 12.7 Å². The molecular formula is C11H12N4O2. The molecule has 0 fully saturated rings. The molecule has 0 saturated carbocycles. The lowest BCUT2D eigenvalue weighted by Crippen LogP contribution is -2.08. The molecule has 1 aromatic carbocycles. The second-order valence-electron chi connectivity index (χ2n) is 3.50. The van der Waals surface area contributed by atoms with E-state index in [2.05, 4.69) is 10.1 Å². The van der Waals surface area contributed by atoms with Gasteiger partial charge in [0.05, 0.1) is 5.56 Å². The highest BCUT2D eigenvalue weighted by Crippen LogP contribution is 2.07. The molecule has 2 rings (SSSR count). The van der Waals surface area contributed by atoms with Crippen LogP contribution in [0.2, 0.25) is 0 Å². The number of hydrogen-bond acceptors (Lipinski definition) is 5. The van der Waals surface area contributed by atoms with E-state index in [1.54, 1.807) is 36.0 Å². The van der Waals surface area contributed by atoms with Crippen molar-refractivity contribution >= 4 is 11.7 Å². The number of carbonyl (C=O) groups is 1. The van der Waals surface area contributed by atoms with Gasteiger partial charge in [-0.05, 0) is 24.3 Å². The van der Waals surface area contributed by atoms with Crippen molar-refractivity contribution in [2.75, 3.05) is 5.73 Å². The van der Waals surface area contributed by atoms with E-state index in [1.165, 1.54) is 6.33 Å². The number of nitrogen functional groups attached to an aromatic ring is 1. The third-order valence-corrected chi connectivity index (χ3v) is 2.28. The largest absolute Gasteiger partial charge is 0.454 e. The molecule has 0 saturated heterocycles. The predicted molar refractivity (Wildman–Crippen MR) is 61.0 cm³/mol. The van der Waals surface area contributed by atoms with Crippen LogP contribution in [0.25, 0.3) is 0 Å². The molecule has 1 heterocycles. The van der Waals surface area contributed by atoms with Crippen molar-refractivity contribution in [1.29, 1.82) is 0 Å². The van der Waals surface area contributed by atoms with Crippen molar-refractivity contribution in [3.63, 3.8) is 0 Å². The van der Waals surface area contributed by atoms with E-state index in [1.807, 2.05) is 0 Å². The summed E-state index contributed by atoms with van der Waals surface area (Å²) in [5.74, 6) is 0.182. The van der Waals surface area contributed by atoms with Gasteiger partial charge in [0.1, 0.15) is 6.33 Å². The minimum Gasteiger partial charge on any atom is -0.454 e. The molecule has 1 aromatic heterocycles. The van der Waals surface area contributed by atoms with Crippen LogP contribution in [0.3, 0.4) is 0 Å². The van der Waals surface area contributed by atoms with Crippen LogP contribution in [0.1, 0.15) is 16.2 Å². The number of aromatic nitrogens is 3. The molecule has 0 atom stereocenters. The molecule has 0 aliphatic rings. The zero-order chi connectivity index (χ0) is 12.3. The fraction of sp³-hybridized carbons (Fsp3) is 0.182. The highest BCUT2D eigenvalue weighted by Gasteiger charge is 2.08. The number of nitrogens with zero attached hydrogens (tertiary/aromatic N) is 3. The number of nitrogens with two attached hydrogens (primary N) is 1. The molecule has 17 heavy (non-hydrogen) atoms. The van der Waals surface area contributed by atoms with Crippen molar-refractivity contribution in [1.82, 2.24) is 14.8 Å². The van der Waals surface area contributed by atoms with E-state index >= 15 is 0 Å². The average molecular weight is 232 g/mol. The number of anilines is 1. The number of benzene rings is 1. The number of aryl methyl sites for hydroxylation is 1. The first-order valence-corrected chi connectivity index (χ1v) is 5.02. The summed E-state index contributed by atoms with van der Waals surface area (Å²) in [4.78, 5) is 15.6. The van der Waals surface area contributed by atoms with Gasteiger partial charge in [0.15, 0.2) is 12.4 Å². The molecule has 2 aromatic rings. The smallest absolute Gasteiger partial charge is 0.338 e. The summed E-state index contributed by atoms with van der Waals surface area (Å²) in [5.41, 5.74) is 6.59. The average Bonchev–Trinajstić information content (AvgIpc) is 2.73. The number of esters is 1. The molecule has 0 spiro atoms. The maximum atomic E-state index is 11.6. The molecule has 0 aliphatic heterocycles. The van der Waals surface area contributed by atoms with Gasteiger partial charge >= 0.3 is 5.97 Å². The van der Waals surface area contributed by atoms with Crippen LogP contribution in [-0.2, 0) is 18.4 Å².